The Bertz CT molecular complexity index is 1150. The van der Waals surface area contributed by atoms with Gasteiger partial charge in [-0.05, 0) is 96.3 Å². The molecule has 0 rings (SSSR count). The molecule has 6 heteroatoms. The van der Waals surface area contributed by atoms with Crippen LogP contribution in [0.4, 0.5) is 0 Å². The van der Waals surface area contributed by atoms with E-state index in [1.165, 1.54) is 161 Å². The first-order chi connectivity index (χ1) is 32.5. The van der Waals surface area contributed by atoms with Crippen LogP contribution in [0.1, 0.15) is 297 Å². The van der Waals surface area contributed by atoms with Gasteiger partial charge in [0.05, 0.1) is 0 Å². The quantitative estimate of drug-likeness (QED) is 0.0262. The van der Waals surface area contributed by atoms with Gasteiger partial charge in [-0.15, -0.1) is 0 Å². The van der Waals surface area contributed by atoms with Gasteiger partial charge in [0.25, 0.3) is 0 Å². The van der Waals surface area contributed by atoms with Crippen LogP contribution in [0, 0.1) is 0 Å². The summed E-state index contributed by atoms with van der Waals surface area (Å²) in [4.78, 5) is 38.1. The smallest absolute Gasteiger partial charge is 0.306 e. The predicted octanol–water partition coefficient (Wildman–Crippen LogP) is 19.0. The van der Waals surface area contributed by atoms with Crippen molar-refractivity contribution in [1.82, 2.24) is 0 Å². The molecule has 0 spiro atoms. The molecule has 0 radical (unpaired) electrons. The minimum Gasteiger partial charge on any atom is -0.462 e. The van der Waals surface area contributed by atoms with E-state index in [1.807, 2.05) is 0 Å². The number of allylic oxidation sites excluding steroid dienone is 8. The first-order valence-electron chi connectivity index (χ1n) is 28.6. The second-order valence-electron chi connectivity index (χ2n) is 19.2. The Morgan fingerprint density at radius 2 is 0.576 bits per heavy atom. The fourth-order valence-corrected chi connectivity index (χ4v) is 8.18. The molecule has 1 atom stereocenters. The molecule has 0 aliphatic rings. The average molecular weight is 926 g/mol. The molecule has 0 aliphatic carbocycles. The highest BCUT2D eigenvalue weighted by Crippen LogP contribution is 2.15. The van der Waals surface area contributed by atoms with E-state index >= 15 is 0 Å². The molecular formula is C60H108O6. The summed E-state index contributed by atoms with van der Waals surface area (Å²) in [5.41, 5.74) is 0. The van der Waals surface area contributed by atoms with Crippen molar-refractivity contribution in [2.45, 2.75) is 303 Å². The van der Waals surface area contributed by atoms with E-state index in [9.17, 15) is 14.4 Å². The lowest BCUT2D eigenvalue weighted by Crippen LogP contribution is -2.30. The van der Waals surface area contributed by atoms with Crippen LogP contribution >= 0.6 is 0 Å². The third-order valence-electron chi connectivity index (χ3n) is 12.5. The molecule has 0 aliphatic heterocycles. The van der Waals surface area contributed by atoms with Crippen LogP contribution in [0.3, 0.4) is 0 Å². The van der Waals surface area contributed by atoms with Crippen LogP contribution in [0.5, 0.6) is 0 Å². The number of ether oxygens (including phenoxy) is 3. The van der Waals surface area contributed by atoms with Crippen LogP contribution < -0.4 is 0 Å². The van der Waals surface area contributed by atoms with Gasteiger partial charge in [-0.3, -0.25) is 14.4 Å². The highest BCUT2D eigenvalue weighted by molar-refractivity contribution is 5.71. The van der Waals surface area contributed by atoms with Crippen LogP contribution in [-0.2, 0) is 28.6 Å². The monoisotopic (exact) mass is 925 g/mol. The lowest BCUT2D eigenvalue weighted by atomic mass is 10.1. The summed E-state index contributed by atoms with van der Waals surface area (Å²) >= 11 is 0. The normalized spacial score (nSPS) is 12.3. The van der Waals surface area contributed by atoms with Gasteiger partial charge in [0.1, 0.15) is 13.2 Å². The van der Waals surface area contributed by atoms with Gasteiger partial charge >= 0.3 is 17.9 Å². The topological polar surface area (TPSA) is 78.9 Å². The van der Waals surface area contributed by atoms with E-state index < -0.39 is 6.10 Å². The summed E-state index contributed by atoms with van der Waals surface area (Å²) in [6.07, 6.45) is 66.7. The largest absolute Gasteiger partial charge is 0.462 e. The maximum atomic E-state index is 12.8. The molecule has 0 aromatic carbocycles. The molecule has 1 unspecified atom stereocenters. The Hall–Kier alpha value is -2.63. The van der Waals surface area contributed by atoms with Crippen LogP contribution in [0.15, 0.2) is 48.6 Å². The Balaban J connectivity index is 4.36. The van der Waals surface area contributed by atoms with Crippen molar-refractivity contribution in [2.24, 2.45) is 0 Å². The molecule has 0 aromatic rings. The third kappa shape index (κ3) is 52.3. The van der Waals surface area contributed by atoms with Gasteiger partial charge in [0.15, 0.2) is 6.10 Å². The van der Waals surface area contributed by atoms with Crippen LogP contribution in [-0.4, -0.2) is 37.2 Å². The number of carbonyl (C=O) groups excluding carboxylic acids is 3. The van der Waals surface area contributed by atoms with Crippen molar-refractivity contribution >= 4 is 17.9 Å². The first-order valence-corrected chi connectivity index (χ1v) is 28.6. The van der Waals surface area contributed by atoms with E-state index in [4.69, 9.17) is 14.2 Å². The molecular weight excluding hydrogens is 817 g/mol. The molecule has 384 valence electrons. The fourth-order valence-electron chi connectivity index (χ4n) is 8.18. The van der Waals surface area contributed by atoms with Gasteiger partial charge in [-0.1, -0.05) is 230 Å². The number of rotatable bonds is 52. The molecule has 0 amide bonds. The van der Waals surface area contributed by atoms with Crippen LogP contribution in [0.25, 0.3) is 0 Å². The number of hydrogen-bond acceptors (Lipinski definition) is 6. The number of esters is 3. The SMILES string of the molecule is CCC/C=C\C/C=C\CCCCCCCC(=O)OCC(COC(=O)CCCCCCCCCCC/C=C\CCCCCCCC)OC(=O)CCCCCCC/C=C\CCCCCCCCC. The van der Waals surface area contributed by atoms with E-state index in [2.05, 4.69) is 69.4 Å². The zero-order valence-electron chi connectivity index (χ0n) is 44.0. The van der Waals surface area contributed by atoms with Crippen molar-refractivity contribution < 1.29 is 28.6 Å². The number of hydrogen-bond donors (Lipinski definition) is 0. The highest BCUT2D eigenvalue weighted by Gasteiger charge is 2.19. The molecule has 0 saturated heterocycles. The van der Waals surface area contributed by atoms with Gasteiger partial charge in [0, 0.05) is 19.3 Å². The third-order valence-corrected chi connectivity index (χ3v) is 12.5. The molecule has 0 saturated carbocycles. The average Bonchev–Trinajstić information content (AvgIpc) is 3.31. The lowest BCUT2D eigenvalue weighted by molar-refractivity contribution is -0.167. The second-order valence-corrected chi connectivity index (χ2v) is 19.2. The Morgan fingerprint density at radius 3 is 0.909 bits per heavy atom. The van der Waals surface area contributed by atoms with Gasteiger partial charge in [-0.25, -0.2) is 0 Å². The summed E-state index contributed by atoms with van der Waals surface area (Å²) in [6.45, 7) is 6.58. The first kappa shape index (κ1) is 63.4. The summed E-state index contributed by atoms with van der Waals surface area (Å²) in [7, 11) is 0. The Morgan fingerprint density at radius 1 is 0.303 bits per heavy atom. The lowest BCUT2D eigenvalue weighted by Gasteiger charge is -2.18. The van der Waals surface area contributed by atoms with Crippen molar-refractivity contribution in [2.75, 3.05) is 13.2 Å². The van der Waals surface area contributed by atoms with Gasteiger partial charge in [0.2, 0.25) is 0 Å². The minimum atomic E-state index is -0.783. The zero-order valence-corrected chi connectivity index (χ0v) is 44.0. The van der Waals surface area contributed by atoms with E-state index in [0.29, 0.717) is 19.3 Å². The van der Waals surface area contributed by atoms with E-state index in [-0.39, 0.29) is 31.1 Å². The highest BCUT2D eigenvalue weighted by atomic mass is 16.6. The Kier molecular flexibility index (Phi) is 52.8. The van der Waals surface area contributed by atoms with Crippen molar-refractivity contribution in [3.05, 3.63) is 48.6 Å². The molecule has 6 nitrogen and oxygen atoms in total. The maximum absolute atomic E-state index is 12.8. The molecule has 66 heavy (non-hydrogen) atoms. The van der Waals surface area contributed by atoms with Crippen molar-refractivity contribution in [1.29, 1.82) is 0 Å². The van der Waals surface area contributed by atoms with Crippen molar-refractivity contribution in [3.8, 4) is 0 Å². The standard InChI is InChI=1S/C60H108O6/c1-4-7-10-13-16-19-22-25-27-29-30-31-33-35-38-41-44-47-50-53-59(62)65-56-57(55-64-58(61)52-49-46-43-40-37-34-24-21-18-15-12-9-6-3)66-60(63)54-51-48-45-42-39-36-32-28-26-23-20-17-14-11-8-5-2/h12,15,21,24-25,27-28,32,57H,4-11,13-14,16-20,22-23,26,29-31,33-56H2,1-3H3/b15-12-,24-21-,27-25-,32-28-. The predicted molar refractivity (Wildman–Crippen MR) is 284 cm³/mol. The molecule has 0 heterocycles. The van der Waals surface area contributed by atoms with Crippen molar-refractivity contribution in [3.63, 3.8) is 0 Å². The summed E-state index contributed by atoms with van der Waals surface area (Å²) < 4.78 is 16.8. The molecule has 0 aromatic heterocycles. The molecule has 0 bridgehead atoms. The molecule has 0 fully saturated rings. The summed E-state index contributed by atoms with van der Waals surface area (Å²) in [5, 5.41) is 0. The number of carbonyl (C=O) groups is 3. The Labute approximate surface area is 409 Å². The minimum absolute atomic E-state index is 0.0806. The van der Waals surface area contributed by atoms with Gasteiger partial charge in [-0.2, -0.15) is 0 Å². The van der Waals surface area contributed by atoms with Gasteiger partial charge < -0.3 is 14.2 Å². The summed E-state index contributed by atoms with van der Waals surface area (Å²) in [6, 6.07) is 0. The van der Waals surface area contributed by atoms with E-state index in [0.717, 1.165) is 96.3 Å². The van der Waals surface area contributed by atoms with E-state index in [1.54, 1.807) is 0 Å². The molecule has 0 N–H and O–H groups in total. The fraction of sp³-hybridized carbons (Fsp3) is 0.817. The summed E-state index contributed by atoms with van der Waals surface area (Å²) in [5.74, 6) is -0.894. The van der Waals surface area contributed by atoms with Crippen LogP contribution in [0.2, 0.25) is 0 Å². The number of unbranched alkanes of at least 4 members (excludes halogenated alkanes) is 33. The second kappa shape index (κ2) is 55.0. The maximum Gasteiger partial charge on any atom is 0.306 e. The zero-order chi connectivity index (χ0) is 47.9.